The van der Waals surface area contributed by atoms with Gasteiger partial charge in [-0.05, 0) is 13.8 Å². The maximum atomic E-state index is 9.86. The molecule has 0 N–H and O–H groups in total. The van der Waals surface area contributed by atoms with E-state index in [1.54, 1.807) is 19.9 Å². The molecule has 0 bridgehead atoms. The van der Waals surface area contributed by atoms with Gasteiger partial charge in [0.1, 0.15) is 0 Å². The minimum absolute atomic E-state index is 0.458. The Hall–Kier alpha value is -0.590. The Morgan fingerprint density at radius 2 is 2.14 bits per heavy atom. The molecule has 0 spiro atoms. The average Bonchev–Trinajstić information content (AvgIpc) is 1.68. The Bertz CT molecular complexity index is 72.2. The summed E-state index contributed by atoms with van der Waals surface area (Å²) in [5.74, 6) is 0. The SMILES string of the molecule is C=CC(C)(C)[C]=O. The molecule has 1 radical (unpaired) electrons. The summed E-state index contributed by atoms with van der Waals surface area (Å²) in [6, 6.07) is 0. The second-order valence-electron chi connectivity index (χ2n) is 2.03. The van der Waals surface area contributed by atoms with Gasteiger partial charge in [0.25, 0.3) is 0 Å². The molecule has 1 heteroatoms. The van der Waals surface area contributed by atoms with Gasteiger partial charge in [0.2, 0.25) is 6.29 Å². The van der Waals surface area contributed by atoms with E-state index in [2.05, 4.69) is 6.58 Å². The molecule has 0 heterocycles. The molecule has 0 aromatic heterocycles. The van der Waals surface area contributed by atoms with Crippen LogP contribution in [0.4, 0.5) is 0 Å². The van der Waals surface area contributed by atoms with Crippen molar-refractivity contribution in [1.82, 2.24) is 0 Å². The van der Waals surface area contributed by atoms with Gasteiger partial charge in [-0.2, -0.15) is 0 Å². The average molecular weight is 97.1 g/mol. The van der Waals surface area contributed by atoms with E-state index < -0.39 is 5.41 Å². The monoisotopic (exact) mass is 97.1 g/mol. The van der Waals surface area contributed by atoms with Crippen LogP contribution in [0.2, 0.25) is 0 Å². The number of hydrogen-bond acceptors (Lipinski definition) is 1. The molecule has 0 aliphatic carbocycles. The predicted octanol–water partition coefficient (Wildman–Crippen LogP) is 1.31. The van der Waals surface area contributed by atoms with E-state index in [0.717, 1.165) is 0 Å². The molecule has 39 valence electrons. The normalized spacial score (nSPS) is 10.6. The second-order valence-corrected chi connectivity index (χ2v) is 2.03. The molecule has 0 aliphatic rings. The summed E-state index contributed by atoms with van der Waals surface area (Å²) < 4.78 is 0. The fraction of sp³-hybridized carbons (Fsp3) is 0.500. The van der Waals surface area contributed by atoms with Crippen molar-refractivity contribution in [3.63, 3.8) is 0 Å². The molecule has 0 atom stereocenters. The Morgan fingerprint density at radius 3 is 2.14 bits per heavy atom. The van der Waals surface area contributed by atoms with Gasteiger partial charge in [0.15, 0.2) is 0 Å². The van der Waals surface area contributed by atoms with Gasteiger partial charge in [-0.15, -0.1) is 6.58 Å². The highest BCUT2D eigenvalue weighted by molar-refractivity contribution is 5.61. The van der Waals surface area contributed by atoms with Gasteiger partial charge < -0.3 is 0 Å². The Labute approximate surface area is 44.0 Å². The van der Waals surface area contributed by atoms with Crippen LogP contribution in [-0.4, -0.2) is 6.29 Å². The zero-order valence-electron chi connectivity index (χ0n) is 4.69. The first-order valence-electron chi connectivity index (χ1n) is 2.15. The summed E-state index contributed by atoms with van der Waals surface area (Å²) in [5, 5.41) is 0. The predicted molar refractivity (Wildman–Crippen MR) is 29.7 cm³/mol. The minimum Gasteiger partial charge on any atom is -0.290 e. The van der Waals surface area contributed by atoms with E-state index in [9.17, 15) is 4.79 Å². The van der Waals surface area contributed by atoms with Crippen molar-refractivity contribution in [2.24, 2.45) is 5.41 Å². The first kappa shape index (κ1) is 6.41. The molecular formula is C6H9O. The van der Waals surface area contributed by atoms with Crippen LogP contribution in [0.1, 0.15) is 13.8 Å². The van der Waals surface area contributed by atoms with Gasteiger partial charge in [-0.1, -0.05) is 6.08 Å². The fourth-order valence-corrected chi connectivity index (χ4v) is 0.0417. The summed E-state index contributed by atoms with van der Waals surface area (Å²) in [7, 11) is 0. The molecule has 0 aliphatic heterocycles. The maximum Gasteiger partial charge on any atom is 0.208 e. The Kier molecular flexibility index (Phi) is 1.75. The highest BCUT2D eigenvalue weighted by Gasteiger charge is 2.10. The molecule has 0 aromatic carbocycles. The van der Waals surface area contributed by atoms with Crippen molar-refractivity contribution in [2.75, 3.05) is 0 Å². The number of carbonyl (C=O) groups excluding carboxylic acids is 1. The minimum atomic E-state index is -0.458. The lowest BCUT2D eigenvalue weighted by Crippen LogP contribution is -2.06. The lowest BCUT2D eigenvalue weighted by molar-refractivity contribution is 0.506. The van der Waals surface area contributed by atoms with E-state index in [1.807, 2.05) is 6.29 Å². The highest BCUT2D eigenvalue weighted by atomic mass is 16.1. The number of hydrogen-bond donors (Lipinski definition) is 0. The number of allylic oxidation sites excluding steroid dienone is 1. The van der Waals surface area contributed by atoms with E-state index in [1.165, 1.54) is 0 Å². The van der Waals surface area contributed by atoms with Gasteiger partial charge in [-0.3, -0.25) is 4.79 Å². The molecule has 0 aromatic rings. The Balaban J connectivity index is 3.82. The molecular weight excluding hydrogens is 88.1 g/mol. The summed E-state index contributed by atoms with van der Waals surface area (Å²) in [4.78, 5) is 9.86. The van der Waals surface area contributed by atoms with Crippen molar-refractivity contribution in [3.05, 3.63) is 12.7 Å². The molecule has 1 nitrogen and oxygen atoms in total. The van der Waals surface area contributed by atoms with Crippen LogP contribution in [0.3, 0.4) is 0 Å². The van der Waals surface area contributed by atoms with Crippen LogP contribution in [0, 0.1) is 5.41 Å². The topological polar surface area (TPSA) is 17.1 Å². The summed E-state index contributed by atoms with van der Waals surface area (Å²) in [6.45, 7) is 6.95. The van der Waals surface area contributed by atoms with Crippen molar-refractivity contribution in [1.29, 1.82) is 0 Å². The standard InChI is InChI=1S/C6H9O/c1-4-6(2,3)5-7/h4H,1H2,2-3H3. The van der Waals surface area contributed by atoms with Gasteiger partial charge >= 0.3 is 0 Å². The summed E-state index contributed by atoms with van der Waals surface area (Å²) in [6.07, 6.45) is 3.39. The molecule has 0 amide bonds. The molecule has 0 rings (SSSR count). The summed E-state index contributed by atoms with van der Waals surface area (Å²) >= 11 is 0. The van der Waals surface area contributed by atoms with Gasteiger partial charge in [0, 0.05) is 5.41 Å². The van der Waals surface area contributed by atoms with Crippen LogP contribution in [0.25, 0.3) is 0 Å². The third kappa shape index (κ3) is 2.15. The Morgan fingerprint density at radius 1 is 1.71 bits per heavy atom. The first-order chi connectivity index (χ1) is 3.12. The van der Waals surface area contributed by atoms with Crippen LogP contribution in [0.5, 0.6) is 0 Å². The summed E-state index contributed by atoms with van der Waals surface area (Å²) in [5.41, 5.74) is -0.458. The molecule has 0 unspecified atom stereocenters. The quantitative estimate of drug-likeness (QED) is 0.475. The van der Waals surface area contributed by atoms with Crippen LogP contribution in [-0.2, 0) is 4.79 Å². The van der Waals surface area contributed by atoms with Crippen LogP contribution >= 0.6 is 0 Å². The van der Waals surface area contributed by atoms with Crippen LogP contribution in [0.15, 0.2) is 12.7 Å². The number of rotatable bonds is 2. The molecule has 0 saturated carbocycles. The lowest BCUT2D eigenvalue weighted by Gasteiger charge is -2.04. The zero-order valence-corrected chi connectivity index (χ0v) is 4.69. The van der Waals surface area contributed by atoms with E-state index in [0.29, 0.717) is 0 Å². The van der Waals surface area contributed by atoms with Crippen molar-refractivity contribution in [2.45, 2.75) is 13.8 Å². The third-order valence-electron chi connectivity index (χ3n) is 0.773. The van der Waals surface area contributed by atoms with E-state index in [-0.39, 0.29) is 0 Å². The highest BCUT2D eigenvalue weighted by Crippen LogP contribution is 2.09. The van der Waals surface area contributed by atoms with Crippen LogP contribution < -0.4 is 0 Å². The van der Waals surface area contributed by atoms with E-state index >= 15 is 0 Å². The first-order valence-corrected chi connectivity index (χ1v) is 2.15. The smallest absolute Gasteiger partial charge is 0.208 e. The van der Waals surface area contributed by atoms with Gasteiger partial charge in [0.05, 0.1) is 0 Å². The molecule has 7 heavy (non-hydrogen) atoms. The molecule has 0 saturated heterocycles. The fourth-order valence-electron chi connectivity index (χ4n) is 0.0417. The molecule has 0 fully saturated rings. The van der Waals surface area contributed by atoms with E-state index in [4.69, 9.17) is 0 Å². The zero-order chi connectivity index (χ0) is 5.91. The largest absolute Gasteiger partial charge is 0.290 e. The van der Waals surface area contributed by atoms with Crippen molar-refractivity contribution in [3.8, 4) is 0 Å². The van der Waals surface area contributed by atoms with Crippen molar-refractivity contribution >= 4 is 6.29 Å². The van der Waals surface area contributed by atoms with Crippen molar-refractivity contribution < 1.29 is 4.79 Å². The lowest BCUT2D eigenvalue weighted by atomic mass is 9.97. The third-order valence-corrected chi connectivity index (χ3v) is 0.773. The second kappa shape index (κ2) is 1.92. The van der Waals surface area contributed by atoms with Gasteiger partial charge in [-0.25, -0.2) is 0 Å². The maximum absolute atomic E-state index is 9.86.